The van der Waals surface area contributed by atoms with Gasteiger partial charge in [-0.2, -0.15) is 0 Å². The van der Waals surface area contributed by atoms with Crippen LogP contribution in [0.5, 0.6) is 5.75 Å². The molecule has 1 aromatic heterocycles. The number of unbranched alkanes of at least 4 members (excludes halogenated alkanes) is 2. The first-order valence-corrected chi connectivity index (χ1v) is 14.5. The Hall–Kier alpha value is -3.61. The monoisotopic (exact) mass is 528 g/mol. The summed E-state index contributed by atoms with van der Waals surface area (Å²) in [7, 11) is 1.61. The minimum absolute atomic E-state index is 0.0160. The molecule has 0 spiro atoms. The zero-order valence-electron chi connectivity index (χ0n) is 23.0. The number of ether oxygens (including phenoxy) is 1. The quantitative estimate of drug-likeness (QED) is 0.346. The Labute approximate surface area is 231 Å². The maximum absolute atomic E-state index is 12.8. The fraction of sp³-hybridized carbons (Fsp3) is 0.469. The number of amides is 2. The summed E-state index contributed by atoms with van der Waals surface area (Å²) in [4.78, 5) is 32.3. The van der Waals surface area contributed by atoms with Gasteiger partial charge in [-0.1, -0.05) is 18.2 Å². The number of piperidine rings is 1. The normalized spacial score (nSPS) is 15.6. The molecule has 0 radical (unpaired) electrons. The van der Waals surface area contributed by atoms with E-state index in [0.717, 1.165) is 49.9 Å². The fourth-order valence-electron chi connectivity index (χ4n) is 5.83. The molecular formula is C32H40N4O3. The second-order valence-corrected chi connectivity index (χ2v) is 10.7. The molecule has 2 aliphatic rings. The largest absolute Gasteiger partial charge is 0.497 e. The van der Waals surface area contributed by atoms with Crippen LogP contribution in [0.2, 0.25) is 0 Å². The SMILES string of the molecule is COc1ccc(C(=O)N2CCC(C(=O)NCCCCCNc3c4c(nc5ccccc35)CCCC4)CC2)cc1. The Balaban J connectivity index is 1.00. The summed E-state index contributed by atoms with van der Waals surface area (Å²) >= 11 is 0. The molecule has 39 heavy (non-hydrogen) atoms. The van der Waals surface area contributed by atoms with Crippen LogP contribution in [0.25, 0.3) is 10.9 Å². The number of rotatable bonds is 10. The first kappa shape index (κ1) is 27.0. The van der Waals surface area contributed by atoms with Crippen molar-refractivity contribution in [1.29, 1.82) is 0 Å². The van der Waals surface area contributed by atoms with E-state index in [1.54, 1.807) is 31.4 Å². The molecule has 1 aliphatic carbocycles. The smallest absolute Gasteiger partial charge is 0.253 e. The van der Waals surface area contributed by atoms with Gasteiger partial charge in [0.05, 0.1) is 12.6 Å². The lowest BCUT2D eigenvalue weighted by Crippen LogP contribution is -2.43. The number of para-hydroxylation sites is 1. The predicted molar refractivity (Wildman–Crippen MR) is 155 cm³/mol. The third kappa shape index (κ3) is 6.52. The molecule has 0 unspecified atom stereocenters. The van der Waals surface area contributed by atoms with Crippen LogP contribution in [0, 0.1) is 5.92 Å². The van der Waals surface area contributed by atoms with Crippen molar-refractivity contribution >= 4 is 28.4 Å². The van der Waals surface area contributed by atoms with E-state index in [4.69, 9.17) is 9.72 Å². The lowest BCUT2D eigenvalue weighted by atomic mass is 9.92. The lowest BCUT2D eigenvalue weighted by Gasteiger charge is -2.31. The van der Waals surface area contributed by atoms with Gasteiger partial charge in [-0.25, -0.2) is 0 Å². The van der Waals surface area contributed by atoms with Gasteiger partial charge in [0, 0.05) is 54.4 Å². The number of likely N-dealkylation sites (tertiary alicyclic amines) is 1. The van der Waals surface area contributed by atoms with Gasteiger partial charge in [0.2, 0.25) is 5.91 Å². The van der Waals surface area contributed by atoms with E-state index in [0.29, 0.717) is 38.0 Å². The predicted octanol–water partition coefficient (Wildman–Crippen LogP) is 5.37. The van der Waals surface area contributed by atoms with Crippen molar-refractivity contribution in [2.24, 2.45) is 5.92 Å². The topological polar surface area (TPSA) is 83.6 Å². The number of carbonyl (C=O) groups is 2. The van der Waals surface area contributed by atoms with E-state index in [1.165, 1.54) is 35.2 Å². The number of pyridine rings is 1. The van der Waals surface area contributed by atoms with E-state index < -0.39 is 0 Å². The highest BCUT2D eigenvalue weighted by molar-refractivity contribution is 5.95. The van der Waals surface area contributed by atoms with E-state index >= 15 is 0 Å². The molecule has 7 heteroatoms. The van der Waals surface area contributed by atoms with Gasteiger partial charge in [0.1, 0.15) is 5.75 Å². The van der Waals surface area contributed by atoms with E-state index in [1.807, 2.05) is 4.90 Å². The van der Waals surface area contributed by atoms with Crippen LogP contribution in [-0.4, -0.2) is 55.0 Å². The van der Waals surface area contributed by atoms with Gasteiger partial charge in [0.25, 0.3) is 5.91 Å². The van der Waals surface area contributed by atoms with Gasteiger partial charge in [0.15, 0.2) is 0 Å². The maximum Gasteiger partial charge on any atom is 0.253 e. The van der Waals surface area contributed by atoms with E-state index in [9.17, 15) is 9.59 Å². The number of nitrogens with one attached hydrogen (secondary N) is 2. The molecule has 2 N–H and O–H groups in total. The molecule has 0 saturated carbocycles. The molecule has 3 aromatic rings. The van der Waals surface area contributed by atoms with Gasteiger partial charge in [-0.3, -0.25) is 14.6 Å². The first-order valence-electron chi connectivity index (χ1n) is 14.5. The van der Waals surface area contributed by atoms with Crippen LogP contribution in [0.3, 0.4) is 0 Å². The highest BCUT2D eigenvalue weighted by atomic mass is 16.5. The number of methoxy groups -OCH3 is 1. The van der Waals surface area contributed by atoms with E-state index in [-0.39, 0.29) is 17.7 Å². The van der Waals surface area contributed by atoms with Gasteiger partial charge < -0.3 is 20.3 Å². The molecular weight excluding hydrogens is 488 g/mol. The molecule has 0 atom stereocenters. The van der Waals surface area contributed by atoms with Crippen LogP contribution in [0.4, 0.5) is 5.69 Å². The van der Waals surface area contributed by atoms with Crippen molar-refractivity contribution in [3.05, 3.63) is 65.4 Å². The summed E-state index contributed by atoms with van der Waals surface area (Å²) in [6.07, 6.45) is 9.16. The summed E-state index contributed by atoms with van der Waals surface area (Å²) in [5.74, 6) is 0.863. The minimum Gasteiger partial charge on any atom is -0.497 e. The van der Waals surface area contributed by atoms with Crippen LogP contribution in [0.1, 0.15) is 66.6 Å². The number of aromatic nitrogens is 1. The second-order valence-electron chi connectivity index (χ2n) is 10.7. The number of benzene rings is 2. The molecule has 1 saturated heterocycles. The number of carbonyl (C=O) groups excluding carboxylic acids is 2. The summed E-state index contributed by atoms with van der Waals surface area (Å²) in [6, 6.07) is 15.6. The molecule has 206 valence electrons. The Bertz CT molecular complexity index is 1280. The number of anilines is 1. The Kier molecular flexibility index (Phi) is 8.96. The summed E-state index contributed by atoms with van der Waals surface area (Å²) < 4.78 is 5.17. The molecule has 2 heterocycles. The third-order valence-corrected chi connectivity index (χ3v) is 8.11. The average molecular weight is 529 g/mol. The highest BCUT2D eigenvalue weighted by Crippen LogP contribution is 2.33. The van der Waals surface area contributed by atoms with Gasteiger partial charge in [-0.05, 0) is 93.7 Å². The van der Waals surface area contributed by atoms with Gasteiger partial charge >= 0.3 is 0 Å². The standard InChI is InChI=1S/C32H40N4O3/c1-39-25-15-13-24(14-16-25)32(38)36-21-17-23(18-22-36)31(37)34-20-8-2-7-19-33-30-26-9-3-5-11-28(26)35-29-12-6-4-10-27(29)30/h3,5,9,11,13-16,23H,2,4,6-8,10,12,17-22H2,1H3,(H,33,35)(H,34,37). The summed E-state index contributed by atoms with van der Waals surface area (Å²) in [5.41, 5.74) is 5.69. The Morgan fingerprint density at radius 3 is 2.49 bits per heavy atom. The molecule has 0 bridgehead atoms. The van der Waals surface area contributed by atoms with Crippen molar-refractivity contribution in [2.45, 2.75) is 57.8 Å². The molecule has 7 nitrogen and oxygen atoms in total. The second kappa shape index (κ2) is 13.0. The number of aryl methyl sites for hydroxylation is 1. The van der Waals surface area contributed by atoms with Gasteiger partial charge in [-0.15, -0.1) is 0 Å². The van der Waals surface area contributed by atoms with Crippen LogP contribution in [-0.2, 0) is 17.6 Å². The summed E-state index contributed by atoms with van der Waals surface area (Å²) in [6.45, 7) is 2.86. The maximum atomic E-state index is 12.8. The number of nitrogens with zero attached hydrogens (tertiary/aromatic N) is 2. The molecule has 2 amide bonds. The number of fused-ring (bicyclic) bond motifs is 2. The van der Waals surface area contributed by atoms with Crippen molar-refractivity contribution in [1.82, 2.24) is 15.2 Å². The van der Waals surface area contributed by atoms with Crippen LogP contribution >= 0.6 is 0 Å². The highest BCUT2D eigenvalue weighted by Gasteiger charge is 2.27. The molecule has 1 aliphatic heterocycles. The van der Waals surface area contributed by atoms with Crippen molar-refractivity contribution in [3.8, 4) is 5.75 Å². The molecule has 5 rings (SSSR count). The van der Waals surface area contributed by atoms with Crippen molar-refractivity contribution in [2.75, 3.05) is 38.6 Å². The van der Waals surface area contributed by atoms with Crippen molar-refractivity contribution < 1.29 is 14.3 Å². The lowest BCUT2D eigenvalue weighted by molar-refractivity contribution is -0.126. The van der Waals surface area contributed by atoms with Crippen molar-refractivity contribution in [3.63, 3.8) is 0 Å². The van der Waals surface area contributed by atoms with E-state index in [2.05, 4.69) is 34.9 Å². The van der Waals surface area contributed by atoms with Crippen LogP contribution in [0.15, 0.2) is 48.5 Å². The Morgan fingerprint density at radius 1 is 0.949 bits per heavy atom. The minimum atomic E-state index is -0.0160. The average Bonchev–Trinajstić information content (AvgIpc) is 2.99. The Morgan fingerprint density at radius 2 is 1.69 bits per heavy atom. The third-order valence-electron chi connectivity index (χ3n) is 8.11. The van der Waals surface area contributed by atoms with Crippen LogP contribution < -0.4 is 15.4 Å². The molecule has 1 fully saturated rings. The zero-order chi connectivity index (χ0) is 27.0. The first-order chi connectivity index (χ1) is 19.1. The molecule has 2 aromatic carbocycles. The number of hydrogen-bond acceptors (Lipinski definition) is 5. The summed E-state index contributed by atoms with van der Waals surface area (Å²) in [5, 5.41) is 8.09. The zero-order valence-corrected chi connectivity index (χ0v) is 23.0. The number of hydrogen-bond donors (Lipinski definition) is 2. The fourth-order valence-corrected chi connectivity index (χ4v) is 5.83.